The number of nitrogens with zero attached hydrogens (tertiary/aromatic N) is 4. The van der Waals surface area contributed by atoms with Crippen LogP contribution in [-0.4, -0.2) is 82.4 Å². The highest BCUT2D eigenvalue weighted by atomic mass is 32.2. The number of carbonyl (C=O) groups is 1. The maximum absolute atomic E-state index is 12.8. The second kappa shape index (κ2) is 10.6. The molecule has 2 saturated heterocycles. The Bertz CT molecular complexity index is 923. The zero-order chi connectivity index (χ0) is 23.3. The fraction of sp³-hybridized carbons (Fsp3) is 0.667. The summed E-state index contributed by atoms with van der Waals surface area (Å²) in [4.78, 5) is 29.5. The Hall–Kier alpha value is -2.24. The third-order valence-corrected chi connectivity index (χ3v) is 7.62. The Kier molecular flexibility index (Phi) is 8.07. The van der Waals surface area contributed by atoms with E-state index in [-0.39, 0.29) is 29.0 Å². The summed E-state index contributed by atoms with van der Waals surface area (Å²) in [6.07, 6.45) is 4.55. The number of nitro groups is 1. The van der Waals surface area contributed by atoms with Crippen LogP contribution in [0.25, 0.3) is 0 Å². The quantitative estimate of drug-likeness (QED) is 0.457. The van der Waals surface area contributed by atoms with Gasteiger partial charge in [0.15, 0.2) is 0 Å². The number of carbonyl (C=O) groups excluding carboxylic acids is 1. The number of amides is 1. The second-order valence-corrected chi connectivity index (χ2v) is 10.5. The summed E-state index contributed by atoms with van der Waals surface area (Å²) in [5, 5.41) is 11.7. The van der Waals surface area contributed by atoms with E-state index >= 15 is 0 Å². The van der Waals surface area contributed by atoms with E-state index in [2.05, 4.69) is 4.72 Å². The van der Waals surface area contributed by atoms with Gasteiger partial charge in [0.05, 0.1) is 9.82 Å². The zero-order valence-electron chi connectivity index (χ0n) is 18.8. The van der Waals surface area contributed by atoms with Crippen molar-refractivity contribution < 1.29 is 18.1 Å². The van der Waals surface area contributed by atoms with Gasteiger partial charge in [0.2, 0.25) is 15.9 Å². The molecule has 2 aliphatic heterocycles. The molecule has 2 aliphatic rings. The molecule has 0 radical (unpaired) electrons. The molecule has 0 spiro atoms. The van der Waals surface area contributed by atoms with Crippen LogP contribution >= 0.6 is 0 Å². The number of likely N-dealkylation sites (tertiary alicyclic amines) is 1. The average molecular weight is 468 g/mol. The molecule has 178 valence electrons. The summed E-state index contributed by atoms with van der Waals surface area (Å²) in [6.45, 7) is 3.43. The highest BCUT2D eigenvalue weighted by molar-refractivity contribution is 7.89. The largest absolute Gasteiger partial charge is 0.366 e. The Labute approximate surface area is 189 Å². The molecule has 0 saturated carbocycles. The highest BCUT2D eigenvalue weighted by Crippen LogP contribution is 2.34. The molecule has 11 heteroatoms. The minimum absolute atomic E-state index is 0.0519. The molecule has 1 N–H and O–H groups in total. The molecule has 2 fully saturated rings. The molecule has 1 aromatic rings. The number of benzene rings is 1. The van der Waals surface area contributed by atoms with Gasteiger partial charge in [-0.25, -0.2) is 13.1 Å². The SMILES string of the molecule is CN(C)CCNS(=O)(=O)c1ccc(N2CCC(C(=O)N3CCCCC3)CC2)c([N+](=O)[O-])c1. The van der Waals surface area contributed by atoms with Crippen molar-refractivity contribution in [2.75, 3.05) is 58.3 Å². The van der Waals surface area contributed by atoms with Gasteiger partial charge < -0.3 is 14.7 Å². The van der Waals surface area contributed by atoms with Crippen molar-refractivity contribution in [3.63, 3.8) is 0 Å². The van der Waals surface area contributed by atoms with Crippen LogP contribution < -0.4 is 9.62 Å². The minimum atomic E-state index is -3.84. The van der Waals surface area contributed by atoms with Crippen LogP contribution in [0.15, 0.2) is 23.1 Å². The number of rotatable bonds is 8. The number of hydrogen-bond donors (Lipinski definition) is 1. The zero-order valence-corrected chi connectivity index (χ0v) is 19.6. The van der Waals surface area contributed by atoms with Crippen molar-refractivity contribution in [3.05, 3.63) is 28.3 Å². The maximum atomic E-state index is 12.8. The molecule has 32 heavy (non-hydrogen) atoms. The summed E-state index contributed by atoms with van der Waals surface area (Å²) < 4.78 is 27.5. The summed E-state index contributed by atoms with van der Waals surface area (Å²) >= 11 is 0. The first-order valence-electron chi connectivity index (χ1n) is 11.2. The van der Waals surface area contributed by atoms with Crippen molar-refractivity contribution in [1.29, 1.82) is 0 Å². The normalized spacial score (nSPS) is 18.2. The van der Waals surface area contributed by atoms with Crippen LogP contribution in [0.1, 0.15) is 32.1 Å². The molecule has 1 aromatic carbocycles. The maximum Gasteiger partial charge on any atom is 0.293 e. The summed E-state index contributed by atoms with van der Waals surface area (Å²) in [5.41, 5.74) is 0.160. The van der Waals surface area contributed by atoms with E-state index < -0.39 is 14.9 Å². The van der Waals surface area contributed by atoms with Crippen LogP contribution in [0.2, 0.25) is 0 Å². The third kappa shape index (κ3) is 5.96. The predicted molar refractivity (Wildman–Crippen MR) is 122 cm³/mol. The molecule has 1 amide bonds. The first-order chi connectivity index (χ1) is 15.2. The average Bonchev–Trinajstić information content (AvgIpc) is 2.78. The van der Waals surface area contributed by atoms with Crippen LogP contribution in [-0.2, 0) is 14.8 Å². The van der Waals surface area contributed by atoms with E-state index in [1.165, 1.54) is 18.6 Å². The van der Waals surface area contributed by atoms with E-state index in [9.17, 15) is 23.3 Å². The lowest BCUT2D eigenvalue weighted by Crippen LogP contribution is -2.44. The molecule has 3 rings (SSSR count). The first-order valence-corrected chi connectivity index (χ1v) is 12.6. The monoisotopic (exact) mass is 467 g/mol. The molecule has 10 nitrogen and oxygen atoms in total. The van der Waals surface area contributed by atoms with Crippen molar-refractivity contribution in [3.8, 4) is 0 Å². The van der Waals surface area contributed by atoms with Crippen molar-refractivity contribution in [1.82, 2.24) is 14.5 Å². The molecule has 0 aromatic heterocycles. The number of nitrogens with one attached hydrogen (secondary N) is 1. The van der Waals surface area contributed by atoms with E-state index in [0.717, 1.165) is 32.0 Å². The molecule has 0 aliphatic carbocycles. The summed E-state index contributed by atoms with van der Waals surface area (Å²) in [6, 6.07) is 4.04. The van der Waals surface area contributed by atoms with Crippen molar-refractivity contribution >= 4 is 27.3 Å². The van der Waals surface area contributed by atoms with Gasteiger partial charge >= 0.3 is 0 Å². The van der Waals surface area contributed by atoms with Crippen LogP contribution in [0.3, 0.4) is 0 Å². The van der Waals surface area contributed by atoms with Gasteiger partial charge in [0.25, 0.3) is 5.69 Å². The lowest BCUT2D eigenvalue weighted by atomic mass is 9.94. The molecule has 0 atom stereocenters. The second-order valence-electron chi connectivity index (χ2n) is 8.76. The standard InChI is InChI=1S/C21H33N5O5S/c1-23(2)15-10-22-32(30,31)18-6-7-19(20(16-18)26(28)29)24-13-8-17(9-14-24)21(27)25-11-4-3-5-12-25/h6-7,16-17,22H,3-5,8-15H2,1-2H3. The van der Waals surface area contributed by atoms with Gasteiger partial charge in [-0.1, -0.05) is 0 Å². The Morgan fingerprint density at radius 1 is 1.16 bits per heavy atom. The number of nitro benzene ring substituents is 1. The van der Waals surface area contributed by atoms with E-state index in [1.807, 2.05) is 28.8 Å². The number of sulfonamides is 1. The predicted octanol–water partition coefficient (Wildman–Crippen LogP) is 1.66. The van der Waals surface area contributed by atoms with E-state index in [4.69, 9.17) is 0 Å². The van der Waals surface area contributed by atoms with Gasteiger partial charge in [0.1, 0.15) is 5.69 Å². The lowest BCUT2D eigenvalue weighted by molar-refractivity contribution is -0.384. The third-order valence-electron chi connectivity index (χ3n) is 6.16. The number of hydrogen-bond acceptors (Lipinski definition) is 7. The topological polar surface area (TPSA) is 116 Å². The molecular formula is C21H33N5O5S. The van der Waals surface area contributed by atoms with E-state index in [0.29, 0.717) is 38.2 Å². The van der Waals surface area contributed by atoms with Crippen LogP contribution in [0, 0.1) is 16.0 Å². The lowest BCUT2D eigenvalue weighted by Gasteiger charge is -2.36. The highest BCUT2D eigenvalue weighted by Gasteiger charge is 2.32. The Morgan fingerprint density at radius 3 is 2.41 bits per heavy atom. The fourth-order valence-corrected chi connectivity index (χ4v) is 5.35. The minimum Gasteiger partial charge on any atom is -0.366 e. The molecular weight excluding hydrogens is 434 g/mol. The van der Waals surface area contributed by atoms with Crippen molar-refractivity contribution in [2.24, 2.45) is 5.92 Å². The van der Waals surface area contributed by atoms with Crippen LogP contribution in [0.4, 0.5) is 11.4 Å². The van der Waals surface area contributed by atoms with Crippen LogP contribution in [0.5, 0.6) is 0 Å². The molecule has 0 unspecified atom stereocenters. The van der Waals surface area contributed by atoms with Gasteiger partial charge in [-0.2, -0.15) is 0 Å². The number of piperidine rings is 2. The molecule has 0 bridgehead atoms. The van der Waals surface area contributed by atoms with Crippen molar-refractivity contribution in [2.45, 2.75) is 37.0 Å². The number of likely N-dealkylation sites (N-methyl/N-ethyl adjacent to an activating group) is 1. The fourth-order valence-electron chi connectivity index (χ4n) is 4.31. The smallest absolute Gasteiger partial charge is 0.293 e. The summed E-state index contributed by atoms with van der Waals surface area (Å²) in [5.74, 6) is 0.146. The van der Waals surface area contributed by atoms with Gasteiger partial charge in [-0.3, -0.25) is 14.9 Å². The first kappa shape index (κ1) is 24.4. The van der Waals surface area contributed by atoms with Gasteiger partial charge in [0, 0.05) is 51.3 Å². The number of anilines is 1. The molecule has 2 heterocycles. The van der Waals surface area contributed by atoms with E-state index in [1.54, 1.807) is 0 Å². The Balaban J connectivity index is 1.69. The Morgan fingerprint density at radius 2 is 1.81 bits per heavy atom. The summed E-state index contributed by atoms with van der Waals surface area (Å²) in [7, 11) is -0.181. The van der Waals surface area contributed by atoms with Gasteiger partial charge in [-0.05, 0) is 58.3 Å². The van der Waals surface area contributed by atoms with Gasteiger partial charge in [-0.15, -0.1) is 0 Å².